The van der Waals surface area contributed by atoms with Crippen LogP contribution in [0, 0.1) is 5.92 Å². The molecule has 0 aromatic heterocycles. The van der Waals surface area contributed by atoms with Crippen molar-refractivity contribution in [1.82, 2.24) is 9.80 Å². The molecule has 0 fully saturated rings. The number of carbonyl (C=O) groups is 1. The summed E-state index contributed by atoms with van der Waals surface area (Å²) in [6.45, 7) is 0. The van der Waals surface area contributed by atoms with Crippen molar-refractivity contribution in [2.45, 2.75) is 11.6 Å². The van der Waals surface area contributed by atoms with Gasteiger partial charge in [0.2, 0.25) is 0 Å². The van der Waals surface area contributed by atoms with Crippen LogP contribution in [0.15, 0.2) is 72.8 Å². The Labute approximate surface area is 185 Å². The number of hydrogen-bond acceptors (Lipinski definition) is 4. The van der Waals surface area contributed by atoms with Gasteiger partial charge in [-0.3, -0.25) is 9.80 Å². The highest BCUT2D eigenvalue weighted by Gasteiger charge is 2.35. The second-order valence-electron chi connectivity index (χ2n) is 8.73. The summed E-state index contributed by atoms with van der Waals surface area (Å²) in [6.07, 6.45) is 8.84. The Morgan fingerprint density at radius 1 is 0.903 bits per heavy atom. The van der Waals surface area contributed by atoms with Crippen LogP contribution in [0.5, 0.6) is 0 Å². The third kappa shape index (κ3) is 4.43. The predicted octanol–water partition coefficient (Wildman–Crippen LogP) is 4.14. The van der Waals surface area contributed by atoms with E-state index in [9.17, 15) is 9.90 Å². The highest BCUT2D eigenvalue weighted by Crippen LogP contribution is 2.40. The van der Waals surface area contributed by atoms with E-state index in [1.54, 1.807) is 6.07 Å². The van der Waals surface area contributed by atoms with E-state index in [1.165, 1.54) is 0 Å². The minimum atomic E-state index is -0.903. The van der Waals surface area contributed by atoms with E-state index in [0.29, 0.717) is 5.56 Å². The van der Waals surface area contributed by atoms with Gasteiger partial charge < -0.3 is 10.0 Å². The molecule has 0 radical (unpaired) electrons. The van der Waals surface area contributed by atoms with Crippen LogP contribution in [0.25, 0.3) is 0 Å². The van der Waals surface area contributed by atoms with Crippen LogP contribution in [0.1, 0.15) is 27.4 Å². The summed E-state index contributed by atoms with van der Waals surface area (Å²) >= 11 is 0. The standard InChI is InChI=1S/C26H33N3O2/c1-27(2)21-12-13-22(23(18-21)25(30)31)24(19-10-8-7-9-11-19)20-14-16-26(17-15-20,28(3)4)29(5)6/h7-18,20,24H,1-6H3,(H,30,31). The number of aromatic carboxylic acids is 1. The first-order valence-corrected chi connectivity index (χ1v) is 10.5. The molecule has 0 aliphatic heterocycles. The molecule has 1 aliphatic rings. The Morgan fingerprint density at radius 2 is 1.48 bits per heavy atom. The molecule has 0 heterocycles. The van der Waals surface area contributed by atoms with E-state index in [1.807, 2.05) is 49.3 Å². The molecule has 2 aromatic rings. The number of rotatable bonds is 7. The van der Waals surface area contributed by atoms with E-state index < -0.39 is 5.97 Å². The van der Waals surface area contributed by atoms with E-state index in [4.69, 9.17) is 0 Å². The molecule has 1 atom stereocenters. The highest BCUT2D eigenvalue weighted by molar-refractivity contribution is 5.91. The fraction of sp³-hybridized carbons (Fsp3) is 0.346. The number of allylic oxidation sites excluding steroid dienone is 2. The number of hydrogen-bond donors (Lipinski definition) is 1. The molecule has 1 aliphatic carbocycles. The van der Waals surface area contributed by atoms with Gasteiger partial charge in [-0.15, -0.1) is 0 Å². The summed E-state index contributed by atoms with van der Waals surface area (Å²) in [4.78, 5) is 18.5. The van der Waals surface area contributed by atoms with Crippen molar-refractivity contribution in [3.8, 4) is 0 Å². The molecule has 5 nitrogen and oxygen atoms in total. The maximum Gasteiger partial charge on any atom is 0.336 e. The number of benzene rings is 2. The number of likely N-dealkylation sites (N-methyl/N-ethyl adjacent to an activating group) is 2. The van der Waals surface area contributed by atoms with Gasteiger partial charge in [-0.2, -0.15) is 0 Å². The highest BCUT2D eigenvalue weighted by atomic mass is 16.4. The number of carboxylic acids is 1. The van der Waals surface area contributed by atoms with Crippen LogP contribution in [-0.2, 0) is 0 Å². The van der Waals surface area contributed by atoms with Gasteiger partial charge in [0.1, 0.15) is 5.66 Å². The van der Waals surface area contributed by atoms with E-state index >= 15 is 0 Å². The van der Waals surface area contributed by atoms with E-state index in [2.05, 4.69) is 74.4 Å². The molecule has 0 bridgehead atoms. The summed E-state index contributed by atoms with van der Waals surface area (Å²) < 4.78 is 0. The summed E-state index contributed by atoms with van der Waals surface area (Å²) in [5.41, 5.74) is 2.85. The summed E-state index contributed by atoms with van der Waals surface area (Å²) in [5, 5.41) is 10.0. The molecular formula is C26H33N3O2. The third-order valence-corrected chi connectivity index (χ3v) is 6.22. The lowest BCUT2D eigenvalue weighted by Gasteiger charge is -2.43. The van der Waals surface area contributed by atoms with Gasteiger partial charge in [-0.25, -0.2) is 4.79 Å². The van der Waals surface area contributed by atoms with Crippen LogP contribution < -0.4 is 4.90 Å². The third-order valence-electron chi connectivity index (χ3n) is 6.22. The number of carboxylic acid groups (broad SMARTS) is 1. The lowest BCUT2D eigenvalue weighted by atomic mass is 9.76. The average Bonchev–Trinajstić information content (AvgIpc) is 2.74. The Bertz CT molecular complexity index is 953. The first-order valence-electron chi connectivity index (χ1n) is 10.5. The smallest absolute Gasteiger partial charge is 0.336 e. The van der Waals surface area contributed by atoms with Gasteiger partial charge in [0.05, 0.1) is 5.56 Å². The molecule has 0 amide bonds. The van der Waals surface area contributed by atoms with Gasteiger partial charge in [-0.1, -0.05) is 48.6 Å². The first-order chi connectivity index (χ1) is 14.7. The van der Waals surface area contributed by atoms with Gasteiger partial charge in [0, 0.05) is 31.6 Å². The van der Waals surface area contributed by atoms with Gasteiger partial charge >= 0.3 is 5.97 Å². The molecule has 164 valence electrons. The fourth-order valence-corrected chi connectivity index (χ4v) is 4.39. The predicted molar refractivity (Wildman–Crippen MR) is 128 cm³/mol. The normalized spacial score (nSPS) is 16.6. The van der Waals surface area contributed by atoms with E-state index in [0.717, 1.165) is 16.8 Å². The molecule has 1 unspecified atom stereocenters. The van der Waals surface area contributed by atoms with Crippen LogP contribution in [0.4, 0.5) is 5.69 Å². The van der Waals surface area contributed by atoms with Crippen molar-refractivity contribution in [3.05, 3.63) is 89.5 Å². The van der Waals surface area contributed by atoms with Gasteiger partial charge in [0.15, 0.2) is 0 Å². The van der Waals surface area contributed by atoms with Crippen LogP contribution in [-0.4, -0.2) is 68.8 Å². The summed E-state index contributed by atoms with van der Waals surface area (Å²) in [6, 6.07) is 15.9. The van der Waals surface area contributed by atoms with Crippen molar-refractivity contribution in [3.63, 3.8) is 0 Å². The van der Waals surface area contributed by atoms with Gasteiger partial charge in [0.25, 0.3) is 0 Å². The van der Waals surface area contributed by atoms with Crippen molar-refractivity contribution in [1.29, 1.82) is 0 Å². The second kappa shape index (κ2) is 9.08. The van der Waals surface area contributed by atoms with E-state index in [-0.39, 0.29) is 17.5 Å². The molecule has 5 heteroatoms. The molecule has 0 saturated carbocycles. The maximum atomic E-state index is 12.2. The Hall–Kier alpha value is -2.89. The fourth-order valence-electron chi connectivity index (χ4n) is 4.39. The molecule has 0 spiro atoms. The van der Waals surface area contributed by atoms with Crippen molar-refractivity contribution in [2.75, 3.05) is 47.2 Å². The largest absolute Gasteiger partial charge is 0.478 e. The lowest BCUT2D eigenvalue weighted by molar-refractivity contribution is 0.0695. The first kappa shape index (κ1) is 22.8. The minimum absolute atomic E-state index is 0.0405. The molecular weight excluding hydrogens is 386 g/mol. The molecule has 3 rings (SSSR count). The molecule has 2 aromatic carbocycles. The zero-order valence-electron chi connectivity index (χ0n) is 19.3. The zero-order chi connectivity index (χ0) is 22.8. The van der Waals surface area contributed by atoms with Crippen molar-refractivity contribution < 1.29 is 9.90 Å². The number of anilines is 1. The zero-order valence-corrected chi connectivity index (χ0v) is 19.3. The number of nitrogens with zero attached hydrogens (tertiary/aromatic N) is 3. The van der Waals surface area contributed by atoms with Crippen LogP contribution in [0.2, 0.25) is 0 Å². The molecule has 1 N–H and O–H groups in total. The van der Waals surface area contributed by atoms with Crippen molar-refractivity contribution in [2.24, 2.45) is 5.92 Å². The topological polar surface area (TPSA) is 47.0 Å². The second-order valence-corrected chi connectivity index (χ2v) is 8.73. The molecule has 31 heavy (non-hydrogen) atoms. The van der Waals surface area contributed by atoms with Crippen LogP contribution >= 0.6 is 0 Å². The quantitative estimate of drug-likeness (QED) is 0.540. The Kier molecular flexibility index (Phi) is 6.68. The van der Waals surface area contributed by atoms with Crippen molar-refractivity contribution >= 4 is 11.7 Å². The Morgan fingerprint density at radius 3 is 1.97 bits per heavy atom. The lowest BCUT2D eigenvalue weighted by Crippen LogP contribution is -2.53. The van der Waals surface area contributed by atoms with Gasteiger partial charge in [-0.05, 0) is 63.6 Å². The minimum Gasteiger partial charge on any atom is -0.478 e. The van der Waals surface area contributed by atoms with Crippen LogP contribution in [0.3, 0.4) is 0 Å². The Balaban J connectivity index is 2.13. The molecule has 0 saturated heterocycles. The summed E-state index contributed by atoms with van der Waals surface area (Å²) in [7, 11) is 12.1. The monoisotopic (exact) mass is 419 g/mol. The summed E-state index contributed by atoms with van der Waals surface area (Å²) in [5.74, 6) is -0.962. The maximum absolute atomic E-state index is 12.2. The SMILES string of the molecule is CN(C)c1ccc(C(c2ccccc2)C2C=CC(N(C)C)(N(C)C)C=C2)c(C(=O)O)c1. The average molecular weight is 420 g/mol.